The summed E-state index contributed by atoms with van der Waals surface area (Å²) >= 11 is 0. The summed E-state index contributed by atoms with van der Waals surface area (Å²) < 4.78 is 0. The quantitative estimate of drug-likeness (QED) is 0.384. The van der Waals surface area contributed by atoms with Gasteiger partial charge in [-0.05, 0) is 12.8 Å². The zero-order valence-electron chi connectivity index (χ0n) is 8.08. The molecule has 0 aromatic rings. The van der Waals surface area contributed by atoms with Crippen LogP contribution in [-0.4, -0.2) is 17.9 Å². The molecule has 14 heavy (non-hydrogen) atoms. The van der Waals surface area contributed by atoms with E-state index in [-0.39, 0.29) is 5.92 Å². The minimum atomic E-state index is -0.513. The van der Waals surface area contributed by atoms with Gasteiger partial charge in [-0.3, -0.25) is 9.59 Å². The Kier molecular flexibility index (Phi) is 3.12. The first-order chi connectivity index (χ1) is 6.56. The number of aldehydes is 1. The van der Waals surface area contributed by atoms with Crippen LogP contribution in [0.5, 0.6) is 0 Å². The van der Waals surface area contributed by atoms with Crippen molar-refractivity contribution in [2.24, 2.45) is 5.92 Å². The van der Waals surface area contributed by atoms with E-state index < -0.39 is 11.6 Å². The SMILES string of the molecule is C=C1CC=C(CC(C)C=O)C(=O)C1=O. The zero-order valence-corrected chi connectivity index (χ0v) is 8.08. The summed E-state index contributed by atoms with van der Waals surface area (Å²) in [5.74, 6) is -1.24. The minimum Gasteiger partial charge on any atom is -0.303 e. The Morgan fingerprint density at radius 3 is 2.71 bits per heavy atom. The van der Waals surface area contributed by atoms with Gasteiger partial charge < -0.3 is 4.79 Å². The molecule has 1 aliphatic carbocycles. The first-order valence-electron chi connectivity index (χ1n) is 4.47. The van der Waals surface area contributed by atoms with Crippen LogP contribution in [0, 0.1) is 5.92 Å². The van der Waals surface area contributed by atoms with Gasteiger partial charge >= 0.3 is 0 Å². The van der Waals surface area contributed by atoms with E-state index in [2.05, 4.69) is 6.58 Å². The van der Waals surface area contributed by atoms with Gasteiger partial charge in [0.15, 0.2) is 0 Å². The molecule has 3 nitrogen and oxygen atoms in total. The summed E-state index contributed by atoms with van der Waals surface area (Å²) in [5.41, 5.74) is 0.777. The number of rotatable bonds is 3. The zero-order chi connectivity index (χ0) is 10.7. The maximum Gasteiger partial charge on any atom is 0.228 e. The lowest BCUT2D eigenvalue weighted by molar-refractivity contribution is -0.132. The van der Waals surface area contributed by atoms with E-state index in [1.54, 1.807) is 13.0 Å². The van der Waals surface area contributed by atoms with Crippen LogP contribution in [0.3, 0.4) is 0 Å². The maximum atomic E-state index is 11.4. The van der Waals surface area contributed by atoms with Gasteiger partial charge in [-0.1, -0.05) is 19.6 Å². The van der Waals surface area contributed by atoms with Crippen LogP contribution in [0.15, 0.2) is 23.8 Å². The molecule has 1 rings (SSSR count). The van der Waals surface area contributed by atoms with E-state index in [4.69, 9.17) is 0 Å². The smallest absolute Gasteiger partial charge is 0.228 e. The Bertz CT molecular complexity index is 336. The lowest BCUT2D eigenvalue weighted by atomic mass is 9.88. The third-order valence-electron chi connectivity index (χ3n) is 2.19. The Labute approximate surface area is 82.5 Å². The van der Waals surface area contributed by atoms with E-state index in [1.807, 2.05) is 0 Å². The monoisotopic (exact) mass is 192 g/mol. The molecule has 74 valence electrons. The van der Waals surface area contributed by atoms with Crippen molar-refractivity contribution in [3.05, 3.63) is 23.8 Å². The van der Waals surface area contributed by atoms with Crippen molar-refractivity contribution in [2.45, 2.75) is 19.8 Å². The average molecular weight is 192 g/mol. The van der Waals surface area contributed by atoms with Crippen LogP contribution >= 0.6 is 0 Å². The van der Waals surface area contributed by atoms with Crippen molar-refractivity contribution in [1.29, 1.82) is 0 Å². The van der Waals surface area contributed by atoms with Crippen molar-refractivity contribution in [3.63, 3.8) is 0 Å². The highest BCUT2D eigenvalue weighted by Crippen LogP contribution is 2.20. The van der Waals surface area contributed by atoms with E-state index in [9.17, 15) is 14.4 Å². The van der Waals surface area contributed by atoms with E-state index in [0.717, 1.165) is 6.29 Å². The minimum absolute atomic E-state index is 0.218. The third kappa shape index (κ3) is 2.05. The Hall–Kier alpha value is -1.51. The Morgan fingerprint density at radius 2 is 2.14 bits per heavy atom. The van der Waals surface area contributed by atoms with Crippen molar-refractivity contribution in [2.75, 3.05) is 0 Å². The summed E-state index contributed by atoms with van der Waals surface area (Å²) in [6.45, 7) is 5.21. The first kappa shape index (κ1) is 10.6. The number of ketones is 2. The van der Waals surface area contributed by atoms with E-state index in [1.165, 1.54) is 0 Å². The van der Waals surface area contributed by atoms with Crippen molar-refractivity contribution in [3.8, 4) is 0 Å². The number of hydrogen-bond donors (Lipinski definition) is 0. The fourth-order valence-electron chi connectivity index (χ4n) is 1.31. The fraction of sp³-hybridized carbons (Fsp3) is 0.364. The van der Waals surface area contributed by atoms with Gasteiger partial charge in [-0.15, -0.1) is 0 Å². The summed E-state index contributed by atoms with van der Waals surface area (Å²) in [5, 5.41) is 0. The Morgan fingerprint density at radius 1 is 1.50 bits per heavy atom. The van der Waals surface area contributed by atoms with Gasteiger partial charge in [-0.2, -0.15) is 0 Å². The van der Waals surface area contributed by atoms with Gasteiger partial charge in [0, 0.05) is 17.1 Å². The number of carbonyl (C=O) groups is 3. The molecule has 1 atom stereocenters. The van der Waals surface area contributed by atoms with Gasteiger partial charge in [0.2, 0.25) is 11.6 Å². The van der Waals surface area contributed by atoms with Gasteiger partial charge in [0.25, 0.3) is 0 Å². The van der Waals surface area contributed by atoms with Gasteiger partial charge in [0.05, 0.1) is 0 Å². The molecule has 0 fully saturated rings. The highest BCUT2D eigenvalue weighted by atomic mass is 16.2. The molecule has 0 aromatic heterocycles. The lowest BCUT2D eigenvalue weighted by Gasteiger charge is -2.13. The first-order valence-corrected chi connectivity index (χ1v) is 4.47. The second-order valence-electron chi connectivity index (χ2n) is 3.51. The molecule has 0 saturated carbocycles. The molecule has 0 spiro atoms. The number of carbonyl (C=O) groups excluding carboxylic acids is 3. The maximum absolute atomic E-state index is 11.4. The fourth-order valence-corrected chi connectivity index (χ4v) is 1.31. The van der Waals surface area contributed by atoms with Gasteiger partial charge in [-0.25, -0.2) is 0 Å². The van der Waals surface area contributed by atoms with Crippen LogP contribution < -0.4 is 0 Å². The van der Waals surface area contributed by atoms with Crippen LogP contribution in [0.25, 0.3) is 0 Å². The molecule has 0 aromatic carbocycles. The predicted molar refractivity (Wildman–Crippen MR) is 51.7 cm³/mol. The topological polar surface area (TPSA) is 51.2 Å². The molecule has 0 bridgehead atoms. The van der Waals surface area contributed by atoms with Crippen LogP contribution in [0.2, 0.25) is 0 Å². The molecule has 1 aliphatic rings. The van der Waals surface area contributed by atoms with Crippen molar-refractivity contribution < 1.29 is 14.4 Å². The van der Waals surface area contributed by atoms with Crippen LogP contribution in [0.1, 0.15) is 19.8 Å². The Balaban J connectivity index is 2.80. The molecule has 0 N–H and O–H groups in total. The second-order valence-corrected chi connectivity index (χ2v) is 3.51. The number of hydrogen-bond acceptors (Lipinski definition) is 3. The molecule has 0 saturated heterocycles. The normalized spacial score (nSPS) is 19.2. The third-order valence-corrected chi connectivity index (χ3v) is 2.19. The lowest BCUT2D eigenvalue weighted by Crippen LogP contribution is -2.23. The molecule has 0 aliphatic heterocycles. The standard InChI is InChI=1S/C11H12O3/c1-7(6-12)5-9-4-3-8(2)10(13)11(9)14/h4,6-7H,2-3,5H2,1H3. The molecular formula is C11H12O3. The van der Waals surface area contributed by atoms with Gasteiger partial charge in [0.1, 0.15) is 6.29 Å². The average Bonchev–Trinajstić information content (AvgIpc) is 2.19. The molecule has 1 unspecified atom stereocenters. The predicted octanol–water partition coefficient (Wildman–Crippen LogP) is 1.24. The van der Waals surface area contributed by atoms with Crippen LogP contribution in [-0.2, 0) is 14.4 Å². The second kappa shape index (κ2) is 4.13. The van der Waals surface area contributed by atoms with E-state index in [0.29, 0.717) is 24.0 Å². The molecule has 0 radical (unpaired) electrons. The number of allylic oxidation sites excluding steroid dienone is 3. The molecule has 0 amide bonds. The largest absolute Gasteiger partial charge is 0.303 e. The summed E-state index contributed by atoms with van der Waals surface area (Å²) in [4.78, 5) is 33.0. The number of Topliss-reactive ketones (excluding diaryl/α,β-unsaturated/α-hetero) is 2. The van der Waals surface area contributed by atoms with E-state index >= 15 is 0 Å². The molecular weight excluding hydrogens is 180 g/mol. The van der Waals surface area contributed by atoms with Crippen LogP contribution in [0.4, 0.5) is 0 Å². The molecule has 0 heterocycles. The molecule has 3 heteroatoms. The summed E-state index contributed by atoms with van der Waals surface area (Å²) in [6, 6.07) is 0. The summed E-state index contributed by atoms with van der Waals surface area (Å²) in [6.07, 6.45) is 3.24. The summed E-state index contributed by atoms with van der Waals surface area (Å²) in [7, 11) is 0. The highest BCUT2D eigenvalue weighted by Gasteiger charge is 2.25. The van der Waals surface area contributed by atoms with Crippen molar-refractivity contribution >= 4 is 17.9 Å². The highest BCUT2D eigenvalue weighted by molar-refractivity contribution is 6.49. The van der Waals surface area contributed by atoms with Crippen molar-refractivity contribution in [1.82, 2.24) is 0 Å².